The van der Waals surface area contributed by atoms with Gasteiger partial charge in [0.05, 0.1) is 17.1 Å². The lowest BCUT2D eigenvalue weighted by Crippen LogP contribution is -2.24. The van der Waals surface area contributed by atoms with Crippen LogP contribution in [0.5, 0.6) is 0 Å². The molecule has 3 unspecified atom stereocenters. The Morgan fingerprint density at radius 3 is 2.88 bits per heavy atom. The van der Waals surface area contributed by atoms with Gasteiger partial charge in [-0.25, -0.2) is 0 Å². The maximum atomic E-state index is 12.2. The van der Waals surface area contributed by atoms with E-state index in [-0.39, 0.29) is 11.4 Å². The van der Waals surface area contributed by atoms with E-state index in [4.69, 9.17) is 10.5 Å². The number of nitrogens with two attached hydrogens (primary N) is 1. The first-order valence-electron chi connectivity index (χ1n) is 5.50. The molecule has 88 valence electrons. The first kappa shape index (κ1) is 11.6. The monoisotopic (exact) mass is 239 g/mol. The van der Waals surface area contributed by atoms with Crippen LogP contribution >= 0.6 is 0 Å². The van der Waals surface area contributed by atoms with E-state index in [0.717, 1.165) is 24.3 Å². The van der Waals surface area contributed by atoms with Gasteiger partial charge in [-0.3, -0.25) is 4.21 Å². The Kier molecular flexibility index (Phi) is 3.61. The van der Waals surface area contributed by atoms with Gasteiger partial charge in [0.25, 0.3) is 0 Å². The molecule has 3 atom stereocenters. The molecule has 0 saturated carbocycles. The molecule has 1 aromatic rings. The fourth-order valence-electron chi connectivity index (χ4n) is 1.98. The van der Waals surface area contributed by atoms with Crippen molar-refractivity contribution in [2.75, 3.05) is 12.3 Å². The molecule has 1 aliphatic rings. The van der Waals surface area contributed by atoms with Crippen molar-refractivity contribution >= 4 is 16.5 Å². The summed E-state index contributed by atoms with van der Waals surface area (Å²) >= 11 is 0. The van der Waals surface area contributed by atoms with Crippen molar-refractivity contribution in [3.05, 3.63) is 29.8 Å². The highest BCUT2D eigenvalue weighted by Crippen LogP contribution is 2.22. The van der Waals surface area contributed by atoms with Crippen molar-refractivity contribution in [1.82, 2.24) is 0 Å². The van der Waals surface area contributed by atoms with E-state index in [1.54, 1.807) is 0 Å². The molecule has 0 aromatic heterocycles. The van der Waals surface area contributed by atoms with Gasteiger partial charge in [-0.1, -0.05) is 18.2 Å². The SMILES string of the molecule is CC1OCCC1S(=O)Cc1ccccc1N. The molecule has 1 aliphatic heterocycles. The molecule has 1 aromatic carbocycles. The molecule has 0 spiro atoms. The minimum absolute atomic E-state index is 0.103. The molecule has 0 radical (unpaired) electrons. The first-order chi connectivity index (χ1) is 7.68. The van der Waals surface area contributed by atoms with Gasteiger partial charge in [-0.15, -0.1) is 0 Å². The van der Waals surface area contributed by atoms with Crippen LogP contribution in [0.1, 0.15) is 18.9 Å². The van der Waals surface area contributed by atoms with Gasteiger partial charge in [-0.2, -0.15) is 0 Å². The summed E-state index contributed by atoms with van der Waals surface area (Å²) < 4.78 is 17.6. The molecule has 1 fully saturated rings. The molecule has 0 aliphatic carbocycles. The number of benzene rings is 1. The van der Waals surface area contributed by atoms with Crippen molar-refractivity contribution in [1.29, 1.82) is 0 Å². The predicted molar refractivity (Wildman–Crippen MR) is 66.5 cm³/mol. The number of ether oxygens (including phenoxy) is 1. The minimum Gasteiger partial charge on any atom is -0.398 e. The van der Waals surface area contributed by atoms with Gasteiger partial charge < -0.3 is 10.5 Å². The lowest BCUT2D eigenvalue weighted by atomic mass is 10.2. The summed E-state index contributed by atoms with van der Waals surface area (Å²) in [5.74, 6) is 0.533. The van der Waals surface area contributed by atoms with Crippen LogP contribution in [-0.2, 0) is 21.3 Å². The zero-order valence-electron chi connectivity index (χ0n) is 9.39. The van der Waals surface area contributed by atoms with Crippen LogP contribution in [0.3, 0.4) is 0 Å². The average Bonchev–Trinajstić information content (AvgIpc) is 2.68. The molecule has 2 N–H and O–H groups in total. The fourth-order valence-corrected chi connectivity index (χ4v) is 3.63. The summed E-state index contributed by atoms with van der Waals surface area (Å²) in [5, 5.41) is 0.152. The van der Waals surface area contributed by atoms with Gasteiger partial charge in [0.15, 0.2) is 0 Å². The van der Waals surface area contributed by atoms with Crippen LogP contribution in [0.15, 0.2) is 24.3 Å². The van der Waals surface area contributed by atoms with Crippen molar-refractivity contribution in [2.24, 2.45) is 0 Å². The maximum absolute atomic E-state index is 12.2. The van der Waals surface area contributed by atoms with E-state index in [0.29, 0.717) is 5.75 Å². The molecule has 16 heavy (non-hydrogen) atoms. The van der Waals surface area contributed by atoms with E-state index < -0.39 is 10.8 Å². The summed E-state index contributed by atoms with van der Waals surface area (Å²) in [4.78, 5) is 0. The quantitative estimate of drug-likeness (QED) is 0.817. The zero-order chi connectivity index (χ0) is 11.5. The minimum atomic E-state index is -0.892. The first-order valence-corrected chi connectivity index (χ1v) is 6.89. The molecule has 0 bridgehead atoms. The Morgan fingerprint density at radius 2 is 2.25 bits per heavy atom. The van der Waals surface area contributed by atoms with E-state index in [2.05, 4.69) is 0 Å². The molecule has 4 heteroatoms. The molecular weight excluding hydrogens is 222 g/mol. The molecule has 0 amide bonds. The third-order valence-electron chi connectivity index (χ3n) is 3.00. The Labute approximate surface area is 98.4 Å². The smallest absolute Gasteiger partial charge is 0.0691 e. The van der Waals surface area contributed by atoms with Gasteiger partial charge in [-0.05, 0) is 25.0 Å². The normalized spacial score (nSPS) is 26.8. The number of nitrogen functional groups attached to an aromatic ring is 1. The van der Waals surface area contributed by atoms with Crippen LogP contribution in [0.25, 0.3) is 0 Å². The van der Waals surface area contributed by atoms with Crippen LogP contribution in [0.2, 0.25) is 0 Å². The van der Waals surface area contributed by atoms with Gasteiger partial charge in [0.1, 0.15) is 0 Å². The van der Waals surface area contributed by atoms with Gasteiger partial charge in [0.2, 0.25) is 0 Å². The largest absolute Gasteiger partial charge is 0.398 e. The van der Waals surface area contributed by atoms with Crippen LogP contribution in [-0.4, -0.2) is 22.2 Å². The summed E-state index contributed by atoms with van der Waals surface area (Å²) in [6, 6.07) is 7.61. The Morgan fingerprint density at radius 1 is 1.50 bits per heavy atom. The molecule has 2 rings (SSSR count). The summed E-state index contributed by atoms with van der Waals surface area (Å²) in [7, 11) is -0.892. The standard InChI is InChI=1S/C12H17NO2S/c1-9-12(6-7-15-9)16(14)8-10-4-2-3-5-11(10)13/h2-5,9,12H,6-8,13H2,1H3. The van der Waals surface area contributed by atoms with Crippen molar-refractivity contribution in [2.45, 2.75) is 30.5 Å². The second-order valence-electron chi connectivity index (χ2n) is 4.13. The number of hydrogen-bond donors (Lipinski definition) is 1. The van der Waals surface area contributed by atoms with Crippen LogP contribution in [0.4, 0.5) is 5.69 Å². The lowest BCUT2D eigenvalue weighted by Gasteiger charge is -2.14. The molecule has 3 nitrogen and oxygen atoms in total. The number of rotatable bonds is 3. The zero-order valence-corrected chi connectivity index (χ0v) is 10.2. The second kappa shape index (κ2) is 4.97. The number of hydrogen-bond acceptors (Lipinski definition) is 3. The summed E-state index contributed by atoms with van der Waals surface area (Å²) in [6.07, 6.45) is 0.992. The highest BCUT2D eigenvalue weighted by Gasteiger charge is 2.29. The van der Waals surface area contributed by atoms with Crippen molar-refractivity contribution < 1.29 is 8.95 Å². The highest BCUT2D eigenvalue weighted by molar-refractivity contribution is 7.84. The molecule has 1 saturated heterocycles. The fraction of sp³-hybridized carbons (Fsp3) is 0.500. The third kappa shape index (κ3) is 2.44. The number of para-hydroxylation sites is 1. The Hall–Kier alpha value is -0.870. The average molecular weight is 239 g/mol. The predicted octanol–water partition coefficient (Wildman–Crippen LogP) is 1.69. The van der Waals surface area contributed by atoms with E-state index in [1.165, 1.54) is 0 Å². The second-order valence-corrected chi connectivity index (χ2v) is 5.78. The molecule has 1 heterocycles. The Bertz CT molecular complexity index is 394. The van der Waals surface area contributed by atoms with Crippen molar-refractivity contribution in [3.8, 4) is 0 Å². The molecular formula is C12H17NO2S. The third-order valence-corrected chi connectivity index (χ3v) is 4.89. The Balaban J connectivity index is 2.05. The highest BCUT2D eigenvalue weighted by atomic mass is 32.2. The van der Waals surface area contributed by atoms with Crippen LogP contribution in [0, 0.1) is 0 Å². The van der Waals surface area contributed by atoms with Crippen molar-refractivity contribution in [3.63, 3.8) is 0 Å². The topological polar surface area (TPSA) is 52.3 Å². The van der Waals surface area contributed by atoms with E-state index in [1.807, 2.05) is 31.2 Å². The van der Waals surface area contributed by atoms with E-state index in [9.17, 15) is 4.21 Å². The van der Waals surface area contributed by atoms with Gasteiger partial charge in [0, 0.05) is 23.1 Å². The lowest BCUT2D eigenvalue weighted by molar-refractivity contribution is 0.127. The van der Waals surface area contributed by atoms with Crippen LogP contribution < -0.4 is 5.73 Å². The van der Waals surface area contributed by atoms with Gasteiger partial charge >= 0.3 is 0 Å². The number of anilines is 1. The van der Waals surface area contributed by atoms with E-state index >= 15 is 0 Å². The summed E-state index contributed by atoms with van der Waals surface area (Å²) in [5.41, 5.74) is 7.53. The summed E-state index contributed by atoms with van der Waals surface area (Å²) in [6.45, 7) is 2.71. The maximum Gasteiger partial charge on any atom is 0.0691 e.